The molecule has 0 amide bonds. The summed E-state index contributed by atoms with van der Waals surface area (Å²) < 4.78 is 5.61. The van der Waals surface area contributed by atoms with Gasteiger partial charge < -0.3 is 10.5 Å². The van der Waals surface area contributed by atoms with E-state index in [9.17, 15) is 0 Å². The van der Waals surface area contributed by atoms with Crippen molar-refractivity contribution in [2.45, 2.75) is 33.2 Å². The van der Waals surface area contributed by atoms with Gasteiger partial charge in [-0.05, 0) is 25.8 Å². The zero-order valence-electron chi connectivity index (χ0n) is 9.62. The standard InChI is InChI=1S/C12H19NO.ClH/c1-4-11(13)10-8-6-7-9(3)12(10)14-5-2;/h6-8,11H,4-5,13H2,1-3H3;1H. The van der Waals surface area contributed by atoms with E-state index >= 15 is 0 Å². The summed E-state index contributed by atoms with van der Waals surface area (Å²) in [6, 6.07) is 6.21. The Bertz CT molecular complexity index is 302. The number of nitrogens with two attached hydrogens (primary N) is 1. The monoisotopic (exact) mass is 229 g/mol. The average molecular weight is 230 g/mol. The second-order valence-corrected chi connectivity index (χ2v) is 3.44. The second kappa shape index (κ2) is 6.70. The lowest BCUT2D eigenvalue weighted by Crippen LogP contribution is -2.11. The van der Waals surface area contributed by atoms with Crippen molar-refractivity contribution in [3.63, 3.8) is 0 Å². The molecule has 1 aromatic carbocycles. The van der Waals surface area contributed by atoms with Crippen molar-refractivity contribution in [1.29, 1.82) is 0 Å². The molecule has 2 nitrogen and oxygen atoms in total. The van der Waals surface area contributed by atoms with Crippen LogP contribution in [0.3, 0.4) is 0 Å². The van der Waals surface area contributed by atoms with Gasteiger partial charge in [-0.25, -0.2) is 0 Å². The predicted octanol–water partition coefficient (Wildman–Crippen LogP) is 3.23. The number of ether oxygens (including phenoxy) is 1. The third kappa shape index (κ3) is 3.40. The summed E-state index contributed by atoms with van der Waals surface area (Å²) in [5, 5.41) is 0. The van der Waals surface area contributed by atoms with E-state index in [1.807, 2.05) is 19.1 Å². The molecule has 2 N–H and O–H groups in total. The summed E-state index contributed by atoms with van der Waals surface area (Å²) in [5.74, 6) is 0.962. The maximum Gasteiger partial charge on any atom is 0.126 e. The van der Waals surface area contributed by atoms with Crippen molar-refractivity contribution >= 4 is 12.4 Å². The Labute approximate surface area is 98.2 Å². The van der Waals surface area contributed by atoms with Gasteiger partial charge >= 0.3 is 0 Å². The van der Waals surface area contributed by atoms with Crippen LogP contribution in [0.1, 0.15) is 37.4 Å². The van der Waals surface area contributed by atoms with Crippen LogP contribution in [0, 0.1) is 6.92 Å². The summed E-state index contributed by atoms with van der Waals surface area (Å²) in [6.45, 7) is 6.82. The predicted molar refractivity (Wildman–Crippen MR) is 66.8 cm³/mol. The van der Waals surface area contributed by atoms with Crippen LogP contribution in [0.5, 0.6) is 5.75 Å². The molecule has 86 valence electrons. The molecule has 15 heavy (non-hydrogen) atoms. The molecule has 0 aliphatic heterocycles. The Morgan fingerprint density at radius 3 is 2.53 bits per heavy atom. The number of aryl methyl sites for hydroxylation is 1. The van der Waals surface area contributed by atoms with Crippen LogP contribution in [0.4, 0.5) is 0 Å². The quantitative estimate of drug-likeness (QED) is 0.861. The molecule has 0 bridgehead atoms. The number of hydrogen-bond acceptors (Lipinski definition) is 2. The maximum absolute atomic E-state index is 6.01. The van der Waals surface area contributed by atoms with Crippen LogP contribution in [-0.2, 0) is 0 Å². The SMILES string of the molecule is CCOc1c(C)cccc1C(N)CC.Cl. The van der Waals surface area contributed by atoms with E-state index < -0.39 is 0 Å². The van der Waals surface area contributed by atoms with E-state index in [4.69, 9.17) is 10.5 Å². The van der Waals surface area contributed by atoms with Crippen LogP contribution in [-0.4, -0.2) is 6.61 Å². The lowest BCUT2D eigenvalue weighted by atomic mass is 10.0. The number of benzene rings is 1. The van der Waals surface area contributed by atoms with Gasteiger partial charge in [-0.1, -0.05) is 25.1 Å². The fraction of sp³-hybridized carbons (Fsp3) is 0.500. The van der Waals surface area contributed by atoms with Crippen molar-refractivity contribution in [3.8, 4) is 5.75 Å². The van der Waals surface area contributed by atoms with Crippen LogP contribution in [0.25, 0.3) is 0 Å². The van der Waals surface area contributed by atoms with E-state index in [0.717, 1.165) is 23.3 Å². The summed E-state index contributed by atoms with van der Waals surface area (Å²) in [4.78, 5) is 0. The van der Waals surface area contributed by atoms with Gasteiger partial charge in [-0.3, -0.25) is 0 Å². The lowest BCUT2D eigenvalue weighted by Gasteiger charge is -2.16. The van der Waals surface area contributed by atoms with Gasteiger partial charge in [0.15, 0.2) is 0 Å². The van der Waals surface area contributed by atoms with Crippen LogP contribution < -0.4 is 10.5 Å². The van der Waals surface area contributed by atoms with E-state index in [1.54, 1.807) is 0 Å². The Balaban J connectivity index is 0.00000196. The van der Waals surface area contributed by atoms with Gasteiger partial charge in [0.1, 0.15) is 5.75 Å². The highest BCUT2D eigenvalue weighted by Gasteiger charge is 2.11. The number of halogens is 1. The van der Waals surface area contributed by atoms with Gasteiger partial charge in [0.05, 0.1) is 6.61 Å². The van der Waals surface area contributed by atoms with Crippen molar-refractivity contribution in [1.82, 2.24) is 0 Å². The molecule has 3 heteroatoms. The van der Waals surface area contributed by atoms with E-state index in [0.29, 0.717) is 6.61 Å². The second-order valence-electron chi connectivity index (χ2n) is 3.44. The molecular formula is C12H20ClNO. The maximum atomic E-state index is 6.01. The van der Waals surface area contributed by atoms with E-state index in [2.05, 4.69) is 19.9 Å². The fourth-order valence-corrected chi connectivity index (χ4v) is 1.53. The van der Waals surface area contributed by atoms with Gasteiger partial charge in [-0.15, -0.1) is 12.4 Å². The molecule has 0 saturated carbocycles. The summed E-state index contributed by atoms with van der Waals surface area (Å²) in [5.41, 5.74) is 8.29. The number of para-hydroxylation sites is 1. The third-order valence-corrected chi connectivity index (χ3v) is 2.37. The zero-order valence-corrected chi connectivity index (χ0v) is 10.4. The molecule has 1 unspecified atom stereocenters. The Hall–Kier alpha value is -0.730. The molecule has 0 aliphatic carbocycles. The molecule has 1 rings (SSSR count). The first-order chi connectivity index (χ1) is 6.70. The number of hydrogen-bond donors (Lipinski definition) is 1. The molecule has 1 aromatic rings. The van der Waals surface area contributed by atoms with Crippen LogP contribution >= 0.6 is 12.4 Å². The van der Waals surface area contributed by atoms with Gasteiger partial charge in [0.25, 0.3) is 0 Å². The molecule has 0 heterocycles. The molecule has 0 aliphatic rings. The minimum atomic E-state index is 0. The minimum absolute atomic E-state index is 0. The average Bonchev–Trinajstić information content (AvgIpc) is 2.20. The third-order valence-electron chi connectivity index (χ3n) is 2.37. The first-order valence-corrected chi connectivity index (χ1v) is 5.18. The Morgan fingerprint density at radius 1 is 1.33 bits per heavy atom. The number of rotatable bonds is 4. The van der Waals surface area contributed by atoms with Crippen molar-refractivity contribution in [2.75, 3.05) is 6.61 Å². The van der Waals surface area contributed by atoms with Gasteiger partial charge in [0, 0.05) is 11.6 Å². The summed E-state index contributed by atoms with van der Waals surface area (Å²) >= 11 is 0. The molecule has 0 radical (unpaired) electrons. The Morgan fingerprint density at radius 2 is 2.00 bits per heavy atom. The Kier molecular flexibility index (Phi) is 6.37. The topological polar surface area (TPSA) is 35.2 Å². The van der Waals surface area contributed by atoms with Gasteiger partial charge in [-0.2, -0.15) is 0 Å². The zero-order chi connectivity index (χ0) is 10.6. The van der Waals surface area contributed by atoms with E-state index in [-0.39, 0.29) is 18.4 Å². The first-order valence-electron chi connectivity index (χ1n) is 5.18. The smallest absolute Gasteiger partial charge is 0.126 e. The normalized spacial score (nSPS) is 11.7. The highest BCUT2D eigenvalue weighted by molar-refractivity contribution is 5.85. The molecule has 0 saturated heterocycles. The van der Waals surface area contributed by atoms with Crippen LogP contribution in [0.2, 0.25) is 0 Å². The molecular weight excluding hydrogens is 210 g/mol. The molecule has 0 fully saturated rings. The van der Waals surface area contributed by atoms with Gasteiger partial charge in [0.2, 0.25) is 0 Å². The minimum Gasteiger partial charge on any atom is -0.493 e. The van der Waals surface area contributed by atoms with Crippen LogP contribution in [0.15, 0.2) is 18.2 Å². The summed E-state index contributed by atoms with van der Waals surface area (Å²) in [6.07, 6.45) is 0.934. The summed E-state index contributed by atoms with van der Waals surface area (Å²) in [7, 11) is 0. The van der Waals surface area contributed by atoms with Crippen molar-refractivity contribution in [2.24, 2.45) is 5.73 Å². The first kappa shape index (κ1) is 14.3. The molecule has 1 atom stereocenters. The van der Waals surface area contributed by atoms with Crippen molar-refractivity contribution < 1.29 is 4.74 Å². The molecule has 0 spiro atoms. The molecule has 0 aromatic heterocycles. The highest BCUT2D eigenvalue weighted by Crippen LogP contribution is 2.28. The van der Waals surface area contributed by atoms with E-state index in [1.165, 1.54) is 0 Å². The lowest BCUT2D eigenvalue weighted by molar-refractivity contribution is 0.331. The largest absolute Gasteiger partial charge is 0.493 e. The highest BCUT2D eigenvalue weighted by atomic mass is 35.5. The van der Waals surface area contributed by atoms with Crippen molar-refractivity contribution in [3.05, 3.63) is 29.3 Å². The fourth-order valence-electron chi connectivity index (χ4n) is 1.53.